The van der Waals surface area contributed by atoms with E-state index in [0.717, 1.165) is 0 Å². The molecule has 0 atom stereocenters. The van der Waals surface area contributed by atoms with Crippen LogP contribution < -0.4 is 5.73 Å². The Kier molecular flexibility index (Phi) is 2.88. The van der Waals surface area contributed by atoms with Crippen LogP contribution in [0.5, 0.6) is 0 Å². The van der Waals surface area contributed by atoms with Crippen molar-refractivity contribution in [2.45, 2.75) is 0 Å². The van der Waals surface area contributed by atoms with Gasteiger partial charge in [0.2, 0.25) is 5.78 Å². The summed E-state index contributed by atoms with van der Waals surface area (Å²) in [7, 11) is 0. The molecule has 1 heterocycles. The molecule has 2 rings (SSSR count). The lowest BCUT2D eigenvalue weighted by atomic mass is 10.1. The van der Waals surface area contributed by atoms with Gasteiger partial charge in [-0.25, -0.2) is 0 Å². The average Bonchev–Trinajstić information content (AvgIpc) is 2.30. The van der Waals surface area contributed by atoms with Crippen LogP contribution in [0.3, 0.4) is 0 Å². The SMILES string of the molecule is Nc1cccnc1C(=O)c1ccc(Cl)cc1. The summed E-state index contributed by atoms with van der Waals surface area (Å²) < 4.78 is 0. The first-order valence-corrected chi connectivity index (χ1v) is 5.07. The number of anilines is 1. The molecule has 0 unspecified atom stereocenters. The number of carbonyl (C=O) groups is 1. The highest BCUT2D eigenvalue weighted by Gasteiger charge is 2.12. The average molecular weight is 233 g/mol. The summed E-state index contributed by atoms with van der Waals surface area (Å²) in [4.78, 5) is 16.0. The third-order valence-electron chi connectivity index (χ3n) is 2.16. The molecule has 2 aromatic rings. The number of nitrogens with zero attached hydrogens (tertiary/aromatic N) is 1. The molecule has 0 aliphatic carbocycles. The Morgan fingerprint density at radius 2 is 1.88 bits per heavy atom. The van der Waals surface area contributed by atoms with Crippen LogP contribution in [0, 0.1) is 0 Å². The molecule has 3 nitrogen and oxygen atoms in total. The van der Waals surface area contributed by atoms with Crippen LogP contribution in [0.1, 0.15) is 16.1 Å². The third kappa shape index (κ3) is 2.04. The van der Waals surface area contributed by atoms with Gasteiger partial charge in [-0.2, -0.15) is 0 Å². The van der Waals surface area contributed by atoms with Gasteiger partial charge in [0.05, 0.1) is 5.69 Å². The zero-order valence-corrected chi connectivity index (χ0v) is 9.11. The van der Waals surface area contributed by atoms with Gasteiger partial charge in [0, 0.05) is 16.8 Å². The molecule has 1 aromatic heterocycles. The highest BCUT2D eigenvalue weighted by atomic mass is 35.5. The molecule has 4 heteroatoms. The summed E-state index contributed by atoms with van der Waals surface area (Å²) in [6, 6.07) is 9.96. The first-order valence-electron chi connectivity index (χ1n) is 4.69. The van der Waals surface area contributed by atoms with Gasteiger partial charge in [-0.05, 0) is 36.4 Å². The second-order valence-corrected chi connectivity index (χ2v) is 3.71. The minimum atomic E-state index is -0.199. The summed E-state index contributed by atoms with van der Waals surface area (Å²) in [5.74, 6) is -0.199. The van der Waals surface area contributed by atoms with Crippen molar-refractivity contribution < 1.29 is 4.79 Å². The Bertz CT molecular complexity index is 523. The molecule has 0 spiro atoms. The highest BCUT2D eigenvalue weighted by molar-refractivity contribution is 6.30. The van der Waals surface area contributed by atoms with E-state index in [1.165, 1.54) is 0 Å². The van der Waals surface area contributed by atoms with Crippen LogP contribution in [0.2, 0.25) is 5.02 Å². The first-order chi connectivity index (χ1) is 7.68. The van der Waals surface area contributed by atoms with Crippen LogP contribution in [0.25, 0.3) is 0 Å². The van der Waals surface area contributed by atoms with Crippen LogP contribution in [-0.4, -0.2) is 10.8 Å². The number of benzene rings is 1. The zero-order chi connectivity index (χ0) is 11.5. The lowest BCUT2D eigenvalue weighted by Gasteiger charge is -2.03. The number of hydrogen-bond donors (Lipinski definition) is 1. The molecule has 0 aliphatic rings. The third-order valence-corrected chi connectivity index (χ3v) is 2.41. The Morgan fingerprint density at radius 3 is 2.50 bits per heavy atom. The summed E-state index contributed by atoms with van der Waals surface area (Å²) in [5, 5.41) is 0.588. The predicted molar refractivity (Wildman–Crippen MR) is 63.5 cm³/mol. The van der Waals surface area contributed by atoms with E-state index in [1.54, 1.807) is 42.6 Å². The molecular weight excluding hydrogens is 224 g/mol. The van der Waals surface area contributed by atoms with E-state index >= 15 is 0 Å². The summed E-state index contributed by atoms with van der Waals surface area (Å²) >= 11 is 5.74. The lowest BCUT2D eigenvalue weighted by Crippen LogP contribution is -2.07. The molecule has 0 bridgehead atoms. The van der Waals surface area contributed by atoms with Crippen molar-refractivity contribution in [3.05, 3.63) is 58.9 Å². The van der Waals surface area contributed by atoms with Gasteiger partial charge in [-0.1, -0.05) is 11.6 Å². The monoisotopic (exact) mass is 232 g/mol. The van der Waals surface area contributed by atoms with Gasteiger partial charge < -0.3 is 5.73 Å². The molecule has 16 heavy (non-hydrogen) atoms. The number of ketones is 1. The maximum atomic E-state index is 12.0. The molecule has 0 saturated carbocycles. The van der Waals surface area contributed by atoms with E-state index in [0.29, 0.717) is 16.3 Å². The van der Waals surface area contributed by atoms with Gasteiger partial charge in [-0.3, -0.25) is 9.78 Å². The van der Waals surface area contributed by atoms with E-state index in [2.05, 4.69) is 4.98 Å². The number of aromatic nitrogens is 1. The van der Waals surface area contributed by atoms with Crippen LogP contribution in [-0.2, 0) is 0 Å². The maximum Gasteiger partial charge on any atom is 0.213 e. The number of pyridine rings is 1. The largest absolute Gasteiger partial charge is 0.397 e. The second-order valence-electron chi connectivity index (χ2n) is 3.28. The van der Waals surface area contributed by atoms with Crippen molar-refractivity contribution in [3.8, 4) is 0 Å². The van der Waals surface area contributed by atoms with E-state index in [4.69, 9.17) is 17.3 Å². The Labute approximate surface area is 97.9 Å². The Hall–Kier alpha value is -1.87. The standard InChI is InChI=1S/C12H9ClN2O/c13-9-5-3-8(4-6-9)12(16)11-10(14)2-1-7-15-11/h1-7H,14H2. The fourth-order valence-electron chi connectivity index (χ4n) is 1.35. The molecule has 1 aromatic carbocycles. The molecular formula is C12H9ClN2O. The minimum Gasteiger partial charge on any atom is -0.397 e. The quantitative estimate of drug-likeness (QED) is 0.810. The predicted octanol–water partition coefficient (Wildman–Crippen LogP) is 2.55. The first kappa shape index (κ1) is 10.6. The molecule has 0 amide bonds. The van der Waals surface area contributed by atoms with E-state index in [9.17, 15) is 4.79 Å². The number of halogens is 1. The van der Waals surface area contributed by atoms with Crippen LogP contribution in [0.15, 0.2) is 42.6 Å². The van der Waals surface area contributed by atoms with E-state index < -0.39 is 0 Å². The molecule has 0 aliphatic heterocycles. The zero-order valence-electron chi connectivity index (χ0n) is 8.35. The number of nitrogens with two attached hydrogens (primary N) is 1. The normalized spacial score (nSPS) is 10.1. The topological polar surface area (TPSA) is 56.0 Å². The smallest absolute Gasteiger partial charge is 0.213 e. The fourth-order valence-corrected chi connectivity index (χ4v) is 1.47. The lowest BCUT2D eigenvalue weighted by molar-refractivity contribution is 0.103. The number of carbonyl (C=O) groups excluding carboxylic acids is 1. The van der Waals surface area contributed by atoms with Crippen molar-refractivity contribution in [3.63, 3.8) is 0 Å². The van der Waals surface area contributed by atoms with E-state index in [-0.39, 0.29) is 11.5 Å². The molecule has 0 saturated heterocycles. The summed E-state index contributed by atoms with van der Waals surface area (Å²) in [6.45, 7) is 0. The summed E-state index contributed by atoms with van der Waals surface area (Å²) in [5.41, 5.74) is 6.85. The number of nitrogen functional groups attached to an aromatic ring is 1. The second kappa shape index (κ2) is 4.33. The van der Waals surface area contributed by atoms with Gasteiger partial charge in [0.15, 0.2) is 0 Å². The van der Waals surface area contributed by atoms with Gasteiger partial charge in [-0.15, -0.1) is 0 Å². The maximum absolute atomic E-state index is 12.0. The van der Waals surface area contributed by atoms with Crippen LogP contribution >= 0.6 is 11.6 Å². The van der Waals surface area contributed by atoms with Crippen molar-refractivity contribution in [1.29, 1.82) is 0 Å². The van der Waals surface area contributed by atoms with Crippen molar-refractivity contribution >= 4 is 23.1 Å². The van der Waals surface area contributed by atoms with Gasteiger partial charge >= 0.3 is 0 Å². The molecule has 2 N–H and O–H groups in total. The highest BCUT2D eigenvalue weighted by Crippen LogP contribution is 2.15. The van der Waals surface area contributed by atoms with E-state index in [1.807, 2.05) is 0 Å². The van der Waals surface area contributed by atoms with Crippen molar-refractivity contribution in [1.82, 2.24) is 4.98 Å². The number of hydrogen-bond acceptors (Lipinski definition) is 3. The molecule has 0 radical (unpaired) electrons. The van der Waals surface area contributed by atoms with Gasteiger partial charge in [0.1, 0.15) is 5.69 Å². The van der Waals surface area contributed by atoms with Crippen molar-refractivity contribution in [2.75, 3.05) is 5.73 Å². The summed E-state index contributed by atoms with van der Waals surface area (Å²) in [6.07, 6.45) is 1.54. The molecule has 0 fully saturated rings. The molecule has 80 valence electrons. The Balaban J connectivity index is 2.40. The van der Waals surface area contributed by atoms with Crippen molar-refractivity contribution in [2.24, 2.45) is 0 Å². The Morgan fingerprint density at radius 1 is 1.19 bits per heavy atom. The fraction of sp³-hybridized carbons (Fsp3) is 0. The van der Waals surface area contributed by atoms with Crippen LogP contribution in [0.4, 0.5) is 5.69 Å². The van der Waals surface area contributed by atoms with Gasteiger partial charge in [0.25, 0.3) is 0 Å². The minimum absolute atomic E-state index is 0.199. The number of rotatable bonds is 2.